The van der Waals surface area contributed by atoms with Gasteiger partial charge in [0.05, 0.1) is 16.3 Å². The van der Waals surface area contributed by atoms with E-state index >= 15 is 0 Å². The molecule has 2 aromatic rings. The molecule has 0 aromatic heterocycles. The largest absolute Gasteiger partial charge is 0.416 e. The van der Waals surface area contributed by atoms with Crippen LogP contribution >= 0.6 is 11.6 Å². The van der Waals surface area contributed by atoms with Crippen LogP contribution in [0.4, 0.5) is 18.9 Å². The first-order chi connectivity index (χ1) is 12.4. The lowest BCUT2D eigenvalue weighted by Gasteiger charge is -2.12. The molecule has 1 amide bonds. The van der Waals surface area contributed by atoms with Gasteiger partial charge in [-0.3, -0.25) is 4.79 Å². The van der Waals surface area contributed by atoms with Crippen LogP contribution in [0.25, 0.3) is 0 Å². The lowest BCUT2D eigenvalue weighted by Crippen LogP contribution is -2.26. The molecule has 3 nitrogen and oxygen atoms in total. The molecule has 0 aliphatic carbocycles. The van der Waals surface area contributed by atoms with E-state index in [4.69, 9.17) is 11.6 Å². The molecule has 0 saturated carbocycles. The van der Waals surface area contributed by atoms with Crippen molar-refractivity contribution in [1.82, 2.24) is 5.32 Å². The highest BCUT2D eigenvalue weighted by Gasteiger charge is 2.30. The maximum absolute atomic E-state index is 12.7. The van der Waals surface area contributed by atoms with Crippen molar-refractivity contribution in [1.29, 1.82) is 0 Å². The van der Waals surface area contributed by atoms with E-state index in [1.807, 2.05) is 30.3 Å². The number of halogens is 4. The van der Waals surface area contributed by atoms with Crippen LogP contribution in [0, 0.1) is 0 Å². The van der Waals surface area contributed by atoms with Crippen molar-refractivity contribution in [2.75, 3.05) is 18.4 Å². The average molecular weight is 385 g/mol. The van der Waals surface area contributed by atoms with Gasteiger partial charge >= 0.3 is 6.18 Å². The Hall–Kier alpha value is -2.21. The lowest BCUT2D eigenvalue weighted by molar-refractivity contribution is -0.137. The molecule has 0 unspecified atom stereocenters. The van der Waals surface area contributed by atoms with E-state index in [1.165, 1.54) is 11.6 Å². The molecule has 0 heterocycles. The second kappa shape index (κ2) is 9.48. The van der Waals surface area contributed by atoms with E-state index in [-0.39, 0.29) is 29.6 Å². The quantitative estimate of drug-likeness (QED) is 0.635. The zero-order valence-electron chi connectivity index (χ0n) is 14.1. The fraction of sp³-hybridized carbons (Fsp3) is 0.316. The molecule has 0 spiro atoms. The molecule has 7 heteroatoms. The number of carbonyl (C=O) groups is 1. The van der Waals surface area contributed by atoms with Crippen LogP contribution in [-0.4, -0.2) is 19.0 Å². The van der Waals surface area contributed by atoms with Gasteiger partial charge in [-0.1, -0.05) is 41.9 Å². The summed E-state index contributed by atoms with van der Waals surface area (Å²) in [5.41, 5.74) is 0.593. The predicted molar refractivity (Wildman–Crippen MR) is 97.3 cm³/mol. The Morgan fingerprint density at radius 2 is 1.77 bits per heavy atom. The Kier molecular flexibility index (Phi) is 7.33. The fourth-order valence-electron chi connectivity index (χ4n) is 2.40. The summed E-state index contributed by atoms with van der Waals surface area (Å²) >= 11 is 5.89. The van der Waals surface area contributed by atoms with Crippen molar-refractivity contribution >= 4 is 23.2 Å². The average Bonchev–Trinajstić information content (AvgIpc) is 2.60. The van der Waals surface area contributed by atoms with E-state index in [2.05, 4.69) is 10.6 Å². The number of alkyl halides is 3. The second-order valence-corrected chi connectivity index (χ2v) is 6.22. The van der Waals surface area contributed by atoms with Crippen LogP contribution in [0.15, 0.2) is 48.5 Å². The van der Waals surface area contributed by atoms with Crippen LogP contribution in [0.2, 0.25) is 5.02 Å². The van der Waals surface area contributed by atoms with E-state index in [0.29, 0.717) is 6.54 Å². The van der Waals surface area contributed by atoms with Gasteiger partial charge in [0, 0.05) is 19.5 Å². The van der Waals surface area contributed by atoms with Crippen molar-refractivity contribution in [2.45, 2.75) is 25.4 Å². The number of aryl methyl sites for hydroxylation is 1. The Bertz CT molecular complexity index is 720. The van der Waals surface area contributed by atoms with E-state index in [1.54, 1.807) is 0 Å². The van der Waals surface area contributed by atoms with Gasteiger partial charge in [-0.05, 0) is 36.6 Å². The number of rotatable bonds is 8. The van der Waals surface area contributed by atoms with Crippen molar-refractivity contribution in [2.24, 2.45) is 0 Å². The standard InChI is InChI=1S/C19H20ClF3N2O/c20-16-9-8-15(19(21,22)23)13-17(16)24-12-10-18(26)25-11-4-7-14-5-2-1-3-6-14/h1-3,5-6,8-9,13,24H,4,7,10-12H2,(H,25,26). The summed E-state index contributed by atoms with van der Waals surface area (Å²) in [7, 11) is 0. The third-order valence-corrected chi connectivity index (χ3v) is 4.10. The normalized spacial score (nSPS) is 11.2. The lowest BCUT2D eigenvalue weighted by atomic mass is 10.1. The molecule has 0 fully saturated rings. The van der Waals surface area contributed by atoms with Crippen molar-refractivity contribution in [3.63, 3.8) is 0 Å². The monoisotopic (exact) mass is 384 g/mol. The van der Waals surface area contributed by atoms with Crippen molar-refractivity contribution < 1.29 is 18.0 Å². The molecular formula is C19H20ClF3N2O. The predicted octanol–water partition coefficient (Wildman–Crippen LogP) is 4.91. The summed E-state index contributed by atoms with van der Waals surface area (Å²) in [5.74, 6) is -0.159. The molecule has 0 radical (unpaired) electrons. The maximum atomic E-state index is 12.7. The highest BCUT2D eigenvalue weighted by Crippen LogP contribution is 2.33. The molecule has 0 aliphatic heterocycles. The fourth-order valence-corrected chi connectivity index (χ4v) is 2.59. The first-order valence-electron chi connectivity index (χ1n) is 8.27. The number of carbonyl (C=O) groups excluding carboxylic acids is 1. The summed E-state index contributed by atoms with van der Waals surface area (Å²) < 4.78 is 38.1. The van der Waals surface area contributed by atoms with Gasteiger partial charge < -0.3 is 10.6 Å². The van der Waals surface area contributed by atoms with E-state index in [0.717, 1.165) is 25.0 Å². The second-order valence-electron chi connectivity index (χ2n) is 5.81. The molecule has 0 bridgehead atoms. The van der Waals surface area contributed by atoms with Crippen LogP contribution in [0.3, 0.4) is 0 Å². The number of hydrogen-bond donors (Lipinski definition) is 2. The minimum Gasteiger partial charge on any atom is -0.383 e. The van der Waals surface area contributed by atoms with Gasteiger partial charge in [0.25, 0.3) is 0 Å². The third kappa shape index (κ3) is 6.59. The molecular weight excluding hydrogens is 365 g/mol. The summed E-state index contributed by atoms with van der Waals surface area (Å²) in [4.78, 5) is 11.8. The zero-order chi connectivity index (χ0) is 19.0. The first kappa shape index (κ1) is 20.1. The first-order valence-corrected chi connectivity index (χ1v) is 8.65. The molecule has 0 atom stereocenters. The Morgan fingerprint density at radius 3 is 2.46 bits per heavy atom. The molecule has 0 saturated heterocycles. The number of amides is 1. The SMILES string of the molecule is O=C(CCNc1cc(C(F)(F)F)ccc1Cl)NCCCc1ccccc1. The number of anilines is 1. The maximum Gasteiger partial charge on any atom is 0.416 e. The topological polar surface area (TPSA) is 41.1 Å². The van der Waals surface area contributed by atoms with Gasteiger partial charge in [-0.25, -0.2) is 0 Å². The minimum atomic E-state index is -4.43. The number of nitrogens with one attached hydrogen (secondary N) is 2. The van der Waals surface area contributed by atoms with Gasteiger partial charge in [0.1, 0.15) is 0 Å². The highest BCUT2D eigenvalue weighted by molar-refractivity contribution is 6.33. The molecule has 0 aliphatic rings. The van der Waals surface area contributed by atoms with E-state index in [9.17, 15) is 18.0 Å². The third-order valence-electron chi connectivity index (χ3n) is 3.77. The summed E-state index contributed by atoms with van der Waals surface area (Å²) in [6, 6.07) is 13.0. The van der Waals surface area contributed by atoms with Gasteiger partial charge in [-0.15, -0.1) is 0 Å². The highest BCUT2D eigenvalue weighted by atomic mass is 35.5. The van der Waals surface area contributed by atoms with Crippen molar-refractivity contribution in [3.05, 3.63) is 64.7 Å². The van der Waals surface area contributed by atoms with Crippen LogP contribution < -0.4 is 10.6 Å². The molecule has 140 valence electrons. The van der Waals surface area contributed by atoms with Crippen LogP contribution in [0.5, 0.6) is 0 Å². The van der Waals surface area contributed by atoms with E-state index < -0.39 is 11.7 Å². The summed E-state index contributed by atoms with van der Waals surface area (Å²) in [6.07, 6.45) is -2.59. The molecule has 2 rings (SSSR count). The minimum absolute atomic E-state index is 0.151. The number of hydrogen-bond acceptors (Lipinski definition) is 2. The van der Waals surface area contributed by atoms with Gasteiger partial charge in [0.15, 0.2) is 0 Å². The number of benzene rings is 2. The van der Waals surface area contributed by atoms with Gasteiger partial charge in [0.2, 0.25) is 5.91 Å². The Labute approximate surface area is 155 Å². The smallest absolute Gasteiger partial charge is 0.383 e. The molecule has 2 aromatic carbocycles. The Balaban J connectivity index is 1.70. The van der Waals surface area contributed by atoms with Crippen LogP contribution in [-0.2, 0) is 17.4 Å². The molecule has 26 heavy (non-hydrogen) atoms. The summed E-state index contributed by atoms with van der Waals surface area (Å²) in [6.45, 7) is 0.754. The summed E-state index contributed by atoms with van der Waals surface area (Å²) in [5, 5.41) is 5.76. The van der Waals surface area contributed by atoms with Gasteiger partial charge in [-0.2, -0.15) is 13.2 Å². The van der Waals surface area contributed by atoms with Crippen LogP contribution in [0.1, 0.15) is 24.0 Å². The molecule has 2 N–H and O–H groups in total. The Morgan fingerprint density at radius 1 is 1.04 bits per heavy atom. The zero-order valence-corrected chi connectivity index (χ0v) is 14.8. The van der Waals surface area contributed by atoms with Crippen molar-refractivity contribution in [3.8, 4) is 0 Å².